The number of ether oxygens (including phenoxy) is 1. The Bertz CT molecular complexity index is 1270. The van der Waals surface area contributed by atoms with Crippen LogP contribution in [0.1, 0.15) is 45.7 Å². The minimum absolute atomic E-state index is 0.00618. The maximum Gasteiger partial charge on any atom is 0.303 e. The first-order valence-corrected chi connectivity index (χ1v) is 11.8. The van der Waals surface area contributed by atoms with Crippen LogP contribution in [0.2, 0.25) is 0 Å². The number of fused-ring (bicyclic) bond motifs is 1. The summed E-state index contributed by atoms with van der Waals surface area (Å²) >= 11 is 1.66. The molecule has 0 unspecified atom stereocenters. The van der Waals surface area contributed by atoms with Crippen LogP contribution in [0.3, 0.4) is 0 Å². The average Bonchev–Trinajstić information content (AvgIpc) is 3.15. The number of rotatable bonds is 6. The Hall–Kier alpha value is -3.30. The highest BCUT2D eigenvalue weighted by Crippen LogP contribution is 2.42. The lowest BCUT2D eigenvalue weighted by atomic mass is 9.89. The summed E-state index contributed by atoms with van der Waals surface area (Å²) < 4.78 is 6.06. The normalized spacial score (nSPS) is 14.6. The van der Waals surface area contributed by atoms with E-state index in [1.54, 1.807) is 18.0 Å². The predicted molar refractivity (Wildman–Crippen MR) is 131 cm³/mol. The van der Waals surface area contributed by atoms with Crippen molar-refractivity contribution in [2.75, 3.05) is 5.75 Å². The third kappa shape index (κ3) is 4.74. The molecule has 33 heavy (non-hydrogen) atoms. The van der Waals surface area contributed by atoms with E-state index in [1.165, 1.54) is 5.56 Å². The number of nitrogens with zero attached hydrogens (tertiary/aromatic N) is 2. The van der Waals surface area contributed by atoms with Crippen LogP contribution in [-0.4, -0.2) is 21.8 Å². The maximum atomic E-state index is 11.1. The molecule has 168 valence electrons. The highest BCUT2D eigenvalue weighted by molar-refractivity contribution is 7.99. The fourth-order valence-corrected chi connectivity index (χ4v) is 5.75. The van der Waals surface area contributed by atoms with E-state index < -0.39 is 5.97 Å². The third-order valence-electron chi connectivity index (χ3n) is 6.15. The van der Waals surface area contributed by atoms with Crippen LogP contribution < -0.4 is 4.74 Å². The number of pyridine rings is 1. The Kier molecular flexibility index (Phi) is 6.44. The van der Waals surface area contributed by atoms with E-state index in [4.69, 9.17) is 16.4 Å². The zero-order chi connectivity index (χ0) is 23.7. The summed E-state index contributed by atoms with van der Waals surface area (Å²) in [5, 5.41) is 9.11. The molecule has 5 nitrogen and oxygen atoms in total. The van der Waals surface area contributed by atoms with Gasteiger partial charge in [-0.3, -0.25) is 4.79 Å². The molecule has 0 bridgehead atoms. The van der Waals surface area contributed by atoms with E-state index in [-0.39, 0.29) is 12.3 Å². The molecule has 0 saturated carbocycles. The first-order valence-electron chi connectivity index (χ1n) is 10.8. The monoisotopic (exact) mass is 458 g/mol. The molecule has 6 heteroatoms. The van der Waals surface area contributed by atoms with E-state index >= 15 is 0 Å². The molecule has 2 heterocycles. The number of hydrogen-bond acceptors (Lipinski definition) is 4. The topological polar surface area (TPSA) is 63.8 Å². The van der Waals surface area contributed by atoms with Crippen molar-refractivity contribution in [2.45, 2.75) is 51.5 Å². The Morgan fingerprint density at radius 3 is 2.52 bits per heavy atom. The van der Waals surface area contributed by atoms with Crippen LogP contribution in [0.5, 0.6) is 5.88 Å². The van der Waals surface area contributed by atoms with Gasteiger partial charge in [-0.15, -0.1) is 11.8 Å². The minimum atomic E-state index is -0.784. The van der Waals surface area contributed by atoms with Crippen LogP contribution in [-0.2, 0) is 11.4 Å². The van der Waals surface area contributed by atoms with Gasteiger partial charge in [0.25, 0.3) is 0 Å². The van der Waals surface area contributed by atoms with Crippen molar-refractivity contribution >= 4 is 23.4 Å². The molecule has 4 rings (SSSR count). The molecule has 1 aliphatic heterocycles. The molecule has 1 aromatic heterocycles. The third-order valence-corrected chi connectivity index (χ3v) is 7.38. The van der Waals surface area contributed by atoms with Gasteiger partial charge < -0.3 is 9.84 Å². The summed E-state index contributed by atoms with van der Waals surface area (Å²) in [7, 11) is 0. The first kappa shape index (κ1) is 22.9. The number of aliphatic carboxylic acids is 1. The van der Waals surface area contributed by atoms with E-state index in [9.17, 15) is 4.79 Å². The standard InChI is InChI=1S/C27H26N2O3S/c1-15-6-16(2)22(27-17(3)7-21(28-5)8-18(27)4)9-19(15)13-32-25-11-24-23(12-29-25)20(14-33-24)10-26(30)31/h6-9,11-12,20H,10,13-14H2,1-4H3,(H,30,31)/t20-/m1/s1. The number of benzene rings is 2. The van der Waals surface area contributed by atoms with Gasteiger partial charge in [0.2, 0.25) is 5.88 Å². The van der Waals surface area contributed by atoms with Crippen molar-refractivity contribution in [3.63, 3.8) is 0 Å². The molecular weight excluding hydrogens is 432 g/mol. The zero-order valence-electron chi connectivity index (χ0n) is 19.2. The molecule has 1 atom stereocenters. The van der Waals surface area contributed by atoms with Crippen LogP contribution >= 0.6 is 11.8 Å². The smallest absolute Gasteiger partial charge is 0.303 e. The number of aryl methyl sites for hydroxylation is 4. The van der Waals surface area contributed by atoms with Crippen molar-refractivity contribution in [3.8, 4) is 17.0 Å². The number of thioether (sulfide) groups is 1. The minimum Gasteiger partial charge on any atom is -0.481 e. The predicted octanol–water partition coefficient (Wildman–Crippen LogP) is 6.78. The molecule has 0 amide bonds. The Labute approximate surface area is 198 Å². The molecule has 0 radical (unpaired) electrons. The number of hydrogen-bond donors (Lipinski definition) is 1. The molecule has 0 saturated heterocycles. The van der Waals surface area contributed by atoms with E-state index in [0.717, 1.165) is 49.6 Å². The molecule has 1 aliphatic rings. The second-order valence-electron chi connectivity index (χ2n) is 8.61. The van der Waals surface area contributed by atoms with Crippen LogP contribution in [0.15, 0.2) is 41.4 Å². The SMILES string of the molecule is [C-]#[N+]c1cc(C)c(-c2cc(COc3cc4c(cn3)[C@H](CC(=O)O)CS4)c(C)cc2C)c(C)c1. The van der Waals surface area contributed by atoms with E-state index in [0.29, 0.717) is 18.2 Å². The van der Waals surface area contributed by atoms with Gasteiger partial charge in [-0.05, 0) is 67.1 Å². The summed E-state index contributed by atoms with van der Waals surface area (Å²) in [6.07, 6.45) is 1.89. The van der Waals surface area contributed by atoms with Gasteiger partial charge >= 0.3 is 5.97 Å². The van der Waals surface area contributed by atoms with E-state index in [1.807, 2.05) is 18.2 Å². The van der Waals surface area contributed by atoms with Gasteiger partial charge in [-0.2, -0.15) is 0 Å². The highest BCUT2D eigenvalue weighted by atomic mass is 32.2. The van der Waals surface area contributed by atoms with E-state index in [2.05, 4.69) is 49.7 Å². The lowest BCUT2D eigenvalue weighted by molar-refractivity contribution is -0.137. The molecule has 3 aromatic rings. The first-order chi connectivity index (χ1) is 15.8. The van der Waals surface area contributed by atoms with Gasteiger partial charge in [0.05, 0.1) is 13.0 Å². The van der Waals surface area contributed by atoms with Gasteiger partial charge in [-0.1, -0.05) is 29.3 Å². The molecule has 0 fully saturated rings. The summed E-state index contributed by atoms with van der Waals surface area (Å²) in [5.41, 5.74) is 9.59. The number of carbonyl (C=O) groups is 1. The van der Waals surface area contributed by atoms with Crippen LogP contribution in [0.4, 0.5) is 5.69 Å². The molecule has 2 aromatic carbocycles. The van der Waals surface area contributed by atoms with Crippen molar-refractivity contribution in [3.05, 3.63) is 81.3 Å². The lowest BCUT2D eigenvalue weighted by Gasteiger charge is -2.17. The molecular formula is C27H26N2O3S. The van der Waals surface area contributed by atoms with Crippen molar-refractivity contribution in [2.24, 2.45) is 0 Å². The highest BCUT2D eigenvalue weighted by Gasteiger charge is 2.26. The molecule has 0 spiro atoms. The number of aromatic nitrogens is 1. The van der Waals surface area contributed by atoms with Crippen molar-refractivity contribution in [1.82, 2.24) is 4.98 Å². The van der Waals surface area contributed by atoms with Gasteiger partial charge in [-0.25, -0.2) is 9.83 Å². The largest absolute Gasteiger partial charge is 0.481 e. The Balaban J connectivity index is 1.58. The fraction of sp³-hybridized carbons (Fsp3) is 0.296. The number of carboxylic acids is 1. The second-order valence-corrected chi connectivity index (χ2v) is 9.68. The Morgan fingerprint density at radius 2 is 1.85 bits per heavy atom. The van der Waals surface area contributed by atoms with Gasteiger partial charge in [0.1, 0.15) is 6.61 Å². The van der Waals surface area contributed by atoms with Gasteiger partial charge in [0, 0.05) is 28.8 Å². The summed E-state index contributed by atoms with van der Waals surface area (Å²) in [5.74, 6) is 0.533. The van der Waals surface area contributed by atoms with Crippen LogP contribution in [0.25, 0.3) is 16.0 Å². The molecule has 1 N–H and O–H groups in total. The van der Waals surface area contributed by atoms with Crippen molar-refractivity contribution in [1.29, 1.82) is 0 Å². The second kappa shape index (κ2) is 9.29. The lowest BCUT2D eigenvalue weighted by Crippen LogP contribution is -2.06. The number of carboxylic acid groups (broad SMARTS) is 1. The zero-order valence-corrected chi connectivity index (χ0v) is 20.0. The average molecular weight is 459 g/mol. The van der Waals surface area contributed by atoms with Crippen molar-refractivity contribution < 1.29 is 14.6 Å². The summed E-state index contributed by atoms with van der Waals surface area (Å²) in [6.45, 7) is 16.0. The fourth-order valence-electron chi connectivity index (χ4n) is 4.50. The summed E-state index contributed by atoms with van der Waals surface area (Å²) in [6, 6.07) is 10.2. The van der Waals surface area contributed by atoms with Crippen LogP contribution in [0, 0.1) is 34.3 Å². The Morgan fingerprint density at radius 1 is 1.12 bits per heavy atom. The molecule has 0 aliphatic carbocycles. The van der Waals surface area contributed by atoms with Gasteiger partial charge in [0.15, 0.2) is 5.69 Å². The summed E-state index contributed by atoms with van der Waals surface area (Å²) in [4.78, 5) is 20.2. The quantitative estimate of drug-likeness (QED) is 0.413. The maximum absolute atomic E-state index is 11.1.